The van der Waals surface area contributed by atoms with Gasteiger partial charge >= 0.3 is 0 Å². The van der Waals surface area contributed by atoms with E-state index >= 15 is 0 Å². The highest BCUT2D eigenvalue weighted by molar-refractivity contribution is 14.0. The molecule has 1 aromatic rings. The molecule has 0 spiro atoms. The fourth-order valence-electron chi connectivity index (χ4n) is 3.08. The molecule has 5 nitrogen and oxygen atoms in total. The lowest BCUT2D eigenvalue weighted by atomic mass is 9.99. The van der Waals surface area contributed by atoms with Crippen molar-refractivity contribution in [1.29, 1.82) is 0 Å². The zero-order valence-corrected chi connectivity index (χ0v) is 18.2. The number of hydrogen-bond donors (Lipinski definition) is 1. The molecular weight excluding hydrogens is 429 g/mol. The van der Waals surface area contributed by atoms with E-state index in [1.165, 1.54) is 18.4 Å². The second-order valence-corrected chi connectivity index (χ2v) is 6.44. The smallest absolute Gasteiger partial charge is 0.193 e. The van der Waals surface area contributed by atoms with Crippen molar-refractivity contribution >= 4 is 29.9 Å². The number of methoxy groups -OCH3 is 2. The van der Waals surface area contributed by atoms with Gasteiger partial charge in [-0.1, -0.05) is 13.0 Å². The third kappa shape index (κ3) is 6.56. The maximum Gasteiger partial charge on any atom is 0.193 e. The molecule has 1 N–H and O–H groups in total. The van der Waals surface area contributed by atoms with Gasteiger partial charge in [0.2, 0.25) is 0 Å². The minimum atomic E-state index is 0. The lowest BCUT2D eigenvalue weighted by Crippen LogP contribution is -2.45. The van der Waals surface area contributed by atoms with Gasteiger partial charge in [0.15, 0.2) is 17.5 Å². The van der Waals surface area contributed by atoms with Crippen molar-refractivity contribution in [3.63, 3.8) is 0 Å². The SMILES string of the molecule is CN=C(NCCCc1ccc(OC)c(OC)c1)N1CCC(C)CC1.I. The first-order valence-electron chi connectivity index (χ1n) is 8.84. The first-order valence-corrected chi connectivity index (χ1v) is 8.84. The molecule has 0 aromatic heterocycles. The minimum Gasteiger partial charge on any atom is -0.493 e. The van der Waals surface area contributed by atoms with Gasteiger partial charge < -0.3 is 19.7 Å². The summed E-state index contributed by atoms with van der Waals surface area (Å²) < 4.78 is 10.6. The van der Waals surface area contributed by atoms with Gasteiger partial charge in [-0.25, -0.2) is 0 Å². The topological polar surface area (TPSA) is 46.1 Å². The Kier molecular flexibility index (Phi) is 10.0. The Morgan fingerprint density at radius 2 is 1.88 bits per heavy atom. The van der Waals surface area contributed by atoms with Crippen LogP contribution in [-0.4, -0.2) is 51.8 Å². The summed E-state index contributed by atoms with van der Waals surface area (Å²) in [6.07, 6.45) is 4.57. The molecule has 2 rings (SSSR count). The predicted octanol–water partition coefficient (Wildman–Crippen LogP) is 3.56. The summed E-state index contributed by atoms with van der Waals surface area (Å²) in [5.74, 6) is 3.44. The van der Waals surface area contributed by atoms with Crippen molar-refractivity contribution in [2.45, 2.75) is 32.6 Å². The molecule has 0 saturated carbocycles. The molecule has 25 heavy (non-hydrogen) atoms. The van der Waals surface area contributed by atoms with Crippen LogP contribution in [0.15, 0.2) is 23.2 Å². The monoisotopic (exact) mass is 461 g/mol. The molecule has 142 valence electrons. The van der Waals surface area contributed by atoms with Crippen LogP contribution in [0.1, 0.15) is 31.7 Å². The van der Waals surface area contributed by atoms with E-state index in [1.807, 2.05) is 13.1 Å². The molecule has 0 amide bonds. The fraction of sp³-hybridized carbons (Fsp3) is 0.632. The third-order valence-corrected chi connectivity index (χ3v) is 4.67. The standard InChI is InChI=1S/C19H31N3O2.HI/c1-15-9-12-22(13-10-15)19(20-2)21-11-5-6-16-7-8-17(23-3)18(14-16)24-4;/h7-8,14-15H,5-6,9-13H2,1-4H3,(H,20,21);1H. The molecule has 1 aliphatic heterocycles. The van der Waals surface area contributed by atoms with E-state index in [0.717, 1.165) is 55.9 Å². The summed E-state index contributed by atoms with van der Waals surface area (Å²) in [6.45, 7) is 5.47. The third-order valence-electron chi connectivity index (χ3n) is 4.67. The van der Waals surface area contributed by atoms with Gasteiger partial charge in [0.05, 0.1) is 14.2 Å². The zero-order valence-electron chi connectivity index (χ0n) is 15.9. The zero-order chi connectivity index (χ0) is 17.4. The largest absolute Gasteiger partial charge is 0.493 e. The average molecular weight is 461 g/mol. The highest BCUT2D eigenvalue weighted by atomic mass is 127. The number of halogens is 1. The molecule has 0 bridgehead atoms. The van der Waals surface area contributed by atoms with Crippen LogP contribution in [0.3, 0.4) is 0 Å². The minimum absolute atomic E-state index is 0. The first-order chi connectivity index (χ1) is 11.7. The van der Waals surface area contributed by atoms with Crippen molar-refractivity contribution in [2.75, 3.05) is 40.9 Å². The molecule has 1 aliphatic rings. The van der Waals surface area contributed by atoms with Gasteiger partial charge in [0.25, 0.3) is 0 Å². The highest BCUT2D eigenvalue weighted by Gasteiger charge is 2.18. The van der Waals surface area contributed by atoms with E-state index < -0.39 is 0 Å². The van der Waals surface area contributed by atoms with Gasteiger partial charge in [-0.2, -0.15) is 0 Å². The van der Waals surface area contributed by atoms with Gasteiger partial charge in [0.1, 0.15) is 0 Å². The number of hydrogen-bond acceptors (Lipinski definition) is 3. The number of aryl methyl sites for hydroxylation is 1. The Morgan fingerprint density at radius 3 is 2.48 bits per heavy atom. The van der Waals surface area contributed by atoms with Gasteiger partial charge in [-0.3, -0.25) is 4.99 Å². The van der Waals surface area contributed by atoms with E-state index in [0.29, 0.717) is 0 Å². The number of likely N-dealkylation sites (tertiary alicyclic amines) is 1. The van der Waals surface area contributed by atoms with E-state index in [1.54, 1.807) is 14.2 Å². The van der Waals surface area contributed by atoms with Crippen molar-refractivity contribution in [2.24, 2.45) is 10.9 Å². The summed E-state index contributed by atoms with van der Waals surface area (Å²) in [5, 5.41) is 3.50. The number of nitrogens with zero attached hydrogens (tertiary/aromatic N) is 2. The average Bonchev–Trinajstić information content (AvgIpc) is 2.62. The van der Waals surface area contributed by atoms with Crippen LogP contribution in [0.2, 0.25) is 0 Å². The summed E-state index contributed by atoms with van der Waals surface area (Å²) in [6, 6.07) is 6.12. The van der Waals surface area contributed by atoms with E-state index in [-0.39, 0.29) is 24.0 Å². The lowest BCUT2D eigenvalue weighted by molar-refractivity contribution is 0.273. The maximum atomic E-state index is 5.36. The Hall–Kier alpha value is -1.18. The predicted molar refractivity (Wildman–Crippen MR) is 115 cm³/mol. The number of nitrogens with one attached hydrogen (secondary N) is 1. The van der Waals surface area contributed by atoms with E-state index in [2.05, 4.69) is 34.3 Å². The van der Waals surface area contributed by atoms with Crippen LogP contribution in [0.5, 0.6) is 11.5 Å². The van der Waals surface area contributed by atoms with Crippen LogP contribution in [0.4, 0.5) is 0 Å². The molecule has 0 unspecified atom stereocenters. The Labute approximate surface area is 169 Å². The fourth-order valence-corrected chi connectivity index (χ4v) is 3.08. The molecule has 0 atom stereocenters. The lowest BCUT2D eigenvalue weighted by Gasteiger charge is -2.32. The first kappa shape index (κ1) is 21.9. The van der Waals surface area contributed by atoms with Gasteiger partial charge in [-0.15, -0.1) is 24.0 Å². The molecule has 6 heteroatoms. The van der Waals surface area contributed by atoms with Crippen LogP contribution in [0.25, 0.3) is 0 Å². The number of guanidine groups is 1. The Morgan fingerprint density at radius 1 is 1.20 bits per heavy atom. The molecule has 0 aliphatic carbocycles. The number of rotatable bonds is 6. The number of benzene rings is 1. The van der Waals surface area contributed by atoms with Crippen LogP contribution in [0, 0.1) is 5.92 Å². The molecule has 0 radical (unpaired) electrons. The second kappa shape index (κ2) is 11.4. The van der Waals surface area contributed by atoms with Crippen LogP contribution < -0.4 is 14.8 Å². The summed E-state index contributed by atoms with van der Waals surface area (Å²) in [7, 11) is 5.20. The van der Waals surface area contributed by atoms with Crippen molar-refractivity contribution in [3.8, 4) is 11.5 Å². The quantitative estimate of drug-likeness (QED) is 0.305. The Balaban J connectivity index is 0.00000312. The number of piperidine rings is 1. The van der Waals surface area contributed by atoms with Crippen LogP contribution >= 0.6 is 24.0 Å². The normalized spacial score (nSPS) is 15.5. The Bertz CT molecular complexity index is 543. The van der Waals surface area contributed by atoms with E-state index in [4.69, 9.17) is 9.47 Å². The molecular formula is C19H32IN3O2. The van der Waals surface area contributed by atoms with Gasteiger partial charge in [-0.05, 0) is 49.3 Å². The van der Waals surface area contributed by atoms with Crippen molar-refractivity contribution in [1.82, 2.24) is 10.2 Å². The maximum absolute atomic E-state index is 5.36. The van der Waals surface area contributed by atoms with Gasteiger partial charge in [0, 0.05) is 26.7 Å². The van der Waals surface area contributed by atoms with Crippen molar-refractivity contribution in [3.05, 3.63) is 23.8 Å². The van der Waals surface area contributed by atoms with E-state index in [9.17, 15) is 0 Å². The summed E-state index contributed by atoms with van der Waals surface area (Å²) in [4.78, 5) is 6.80. The molecule has 1 fully saturated rings. The second-order valence-electron chi connectivity index (χ2n) is 6.44. The number of ether oxygens (including phenoxy) is 2. The number of aliphatic imine (C=N–C) groups is 1. The van der Waals surface area contributed by atoms with Crippen LogP contribution in [-0.2, 0) is 6.42 Å². The summed E-state index contributed by atoms with van der Waals surface area (Å²) >= 11 is 0. The molecule has 1 heterocycles. The van der Waals surface area contributed by atoms with Crippen molar-refractivity contribution < 1.29 is 9.47 Å². The molecule has 1 aromatic carbocycles. The highest BCUT2D eigenvalue weighted by Crippen LogP contribution is 2.27. The summed E-state index contributed by atoms with van der Waals surface area (Å²) in [5.41, 5.74) is 1.26. The molecule has 1 saturated heterocycles.